The molecule has 28 rings (SSSR count). The highest BCUT2D eigenvalue weighted by atomic mass is 32.1. The molecule has 0 spiro atoms. The van der Waals surface area contributed by atoms with Crippen LogP contribution in [0, 0.1) is 0 Å². The van der Waals surface area contributed by atoms with Gasteiger partial charge in [-0.05, 0) is 251 Å². The van der Waals surface area contributed by atoms with Gasteiger partial charge in [-0.3, -0.25) is 0 Å². The molecule has 12 heteroatoms. The normalized spacial score (nSPS) is 11.8. The van der Waals surface area contributed by atoms with Crippen molar-refractivity contribution in [1.82, 2.24) is 0 Å². The second-order valence-electron chi connectivity index (χ2n) is 33.3. The Balaban J connectivity index is 0.000000104. The predicted molar refractivity (Wildman–Crippen MR) is 544 cm³/mol. The lowest BCUT2D eigenvalue weighted by atomic mass is 10.0. The summed E-state index contributed by atoms with van der Waals surface area (Å²) in [4.78, 5) is 6.86. The van der Waals surface area contributed by atoms with Crippen LogP contribution in [0.25, 0.3) is 208 Å². The van der Waals surface area contributed by atoms with Gasteiger partial charge in [0, 0.05) is 105 Å². The van der Waals surface area contributed by atoms with Crippen LogP contribution in [0.2, 0.25) is 0 Å². The molecule has 0 aliphatic rings. The first-order valence-corrected chi connectivity index (χ1v) is 44.9. The minimum absolute atomic E-state index is 0.781. The molecule has 622 valence electrons. The fourth-order valence-corrected chi connectivity index (χ4v) is 20.2. The van der Waals surface area contributed by atoms with E-state index >= 15 is 0 Å². The average molecular weight is 1720 g/mol. The highest BCUT2D eigenvalue weighted by Crippen LogP contribution is 2.49. The third kappa shape index (κ3) is 13.1. The van der Waals surface area contributed by atoms with Gasteiger partial charge in [-0.15, -0.1) is 11.3 Å². The van der Waals surface area contributed by atoms with Gasteiger partial charge in [0.05, 0.1) is 32.3 Å². The van der Waals surface area contributed by atoms with Crippen molar-refractivity contribution < 1.29 is 35.3 Å². The monoisotopic (exact) mass is 1720 g/mol. The number of benzene rings is 19. The molecule has 9 aromatic heterocycles. The van der Waals surface area contributed by atoms with Gasteiger partial charge in [-0.25, -0.2) is 0 Å². The van der Waals surface area contributed by atoms with E-state index in [9.17, 15) is 0 Å². The van der Waals surface area contributed by atoms with Gasteiger partial charge in [0.25, 0.3) is 0 Å². The fourth-order valence-electron chi connectivity index (χ4n) is 19.1. The maximum absolute atomic E-state index is 6.45. The number of para-hydroxylation sites is 7. The standard InChI is InChI=1S/C44H27NO3.C38H23NO3.C38H23NO2S/c1-2-8-28(9-3-1)29-14-19-32(20-15-29)45(34-23-24-37-42(27-34)48-43-36-11-5-7-13-40(36)47-44(37)43)33-21-16-30(17-22-33)31-18-25-41-38(26-31)35-10-4-6-12-39(35)46-41;1-2-10-26(11-3-1)39(28-18-19-31-36(23-28)42-37-30-14-5-7-16-34(30)41-38(31)37)27-12-8-9-24(21-27)25-17-20-35-32(22-25)29-13-4-6-15-33(29)40-35;1-2-8-26(9-3-1)39(28-19-21-36-32(23-28)29-10-5-7-13-35(29)42-36)27-17-14-24(15-18-27)25-16-20-31-34(22-25)41-37-30-11-4-6-12-33(30)40-38(31)37/h1-27H;2*1-23H. The van der Waals surface area contributed by atoms with Crippen molar-refractivity contribution in [2.75, 3.05) is 14.7 Å². The predicted octanol–water partition coefficient (Wildman–Crippen LogP) is 36.2. The van der Waals surface area contributed by atoms with Crippen LogP contribution in [0.1, 0.15) is 0 Å². The number of thiophene rings is 1. The Labute approximate surface area is 758 Å². The molecule has 19 aromatic carbocycles. The number of hydrogen-bond acceptors (Lipinski definition) is 12. The highest BCUT2D eigenvalue weighted by molar-refractivity contribution is 7.25. The number of hydrogen-bond donors (Lipinski definition) is 0. The molecule has 0 fully saturated rings. The van der Waals surface area contributed by atoms with E-state index in [1.165, 1.54) is 31.3 Å². The Morgan fingerprint density at radius 3 is 0.871 bits per heavy atom. The summed E-state index contributed by atoms with van der Waals surface area (Å²) in [5.41, 5.74) is 32.0. The van der Waals surface area contributed by atoms with E-state index in [1.807, 2.05) is 121 Å². The first-order chi connectivity index (χ1) is 65.4. The Hall–Kier alpha value is -17.6. The molecule has 0 aliphatic carbocycles. The molecule has 28 aromatic rings. The second-order valence-corrected chi connectivity index (χ2v) is 34.4. The molecule has 0 saturated carbocycles. The summed E-state index contributed by atoms with van der Waals surface area (Å²) < 4.78 is 52.4. The van der Waals surface area contributed by atoms with Crippen LogP contribution in [0.3, 0.4) is 0 Å². The van der Waals surface area contributed by atoms with Gasteiger partial charge in [-0.2, -0.15) is 0 Å². The summed E-state index contributed by atoms with van der Waals surface area (Å²) in [5.74, 6) is 0. The summed E-state index contributed by atoms with van der Waals surface area (Å²) in [7, 11) is 0. The van der Waals surface area contributed by atoms with Crippen molar-refractivity contribution in [2.45, 2.75) is 0 Å². The first kappa shape index (κ1) is 75.7. The quantitative estimate of drug-likeness (QED) is 0.110. The van der Waals surface area contributed by atoms with Crippen molar-refractivity contribution in [1.29, 1.82) is 0 Å². The molecular weight excluding hydrogens is 1640 g/mol. The minimum atomic E-state index is 0.781. The number of rotatable bonds is 13. The van der Waals surface area contributed by atoms with Crippen LogP contribution in [0.5, 0.6) is 0 Å². The number of anilines is 9. The Morgan fingerprint density at radius 2 is 0.394 bits per heavy atom. The van der Waals surface area contributed by atoms with Crippen LogP contribution in [-0.2, 0) is 0 Å². The lowest BCUT2D eigenvalue weighted by molar-refractivity contribution is 0.653. The maximum Gasteiger partial charge on any atom is 0.181 e. The summed E-state index contributed by atoms with van der Waals surface area (Å²) in [6.45, 7) is 0. The van der Waals surface area contributed by atoms with Gasteiger partial charge in [0.2, 0.25) is 0 Å². The van der Waals surface area contributed by atoms with Crippen LogP contribution in [0.15, 0.2) is 478 Å². The number of nitrogens with zero attached hydrogens (tertiary/aromatic N) is 3. The zero-order valence-corrected chi connectivity index (χ0v) is 71.5. The molecule has 0 saturated heterocycles. The SMILES string of the molecule is c1ccc(-c2ccc(N(c3ccc(-c4ccc5oc6ccccc6c5c4)cc3)c3ccc4c(c3)oc3c5ccccc5oc43)cc2)cc1.c1ccc(N(c2ccc(-c3ccc4c(c3)oc3c5ccccc5oc43)cc2)c2ccc3sc4ccccc4c3c2)cc1.c1ccc(N(c2cccc(-c3ccc4oc5ccccc5c4c3)c2)c2ccc3c(c2)oc2c4ccccc4oc32)cc1. The summed E-state index contributed by atoms with van der Waals surface area (Å²) in [6, 6.07) is 154. The average Bonchev–Trinajstić information content (AvgIpc) is 1.59. The van der Waals surface area contributed by atoms with E-state index in [4.69, 9.17) is 35.3 Å². The number of furan rings is 8. The molecule has 0 bridgehead atoms. The highest BCUT2D eigenvalue weighted by Gasteiger charge is 2.25. The van der Waals surface area contributed by atoms with Crippen molar-refractivity contribution in [3.63, 3.8) is 0 Å². The molecule has 9 heterocycles. The molecule has 0 radical (unpaired) electrons. The molecule has 0 atom stereocenters. The van der Waals surface area contributed by atoms with Crippen molar-refractivity contribution >= 4 is 226 Å². The van der Waals surface area contributed by atoms with Gasteiger partial charge in [0.15, 0.2) is 33.5 Å². The van der Waals surface area contributed by atoms with Crippen LogP contribution in [0.4, 0.5) is 51.2 Å². The minimum Gasteiger partial charge on any atom is -0.456 e. The zero-order chi connectivity index (χ0) is 86.9. The third-order valence-electron chi connectivity index (χ3n) is 25.4. The van der Waals surface area contributed by atoms with Crippen LogP contribution < -0.4 is 14.7 Å². The van der Waals surface area contributed by atoms with Crippen LogP contribution >= 0.6 is 11.3 Å². The van der Waals surface area contributed by atoms with Gasteiger partial charge < -0.3 is 50.0 Å². The molecule has 11 nitrogen and oxygen atoms in total. The van der Waals surface area contributed by atoms with E-state index in [2.05, 4.69) is 348 Å². The molecule has 0 N–H and O–H groups in total. The van der Waals surface area contributed by atoms with E-state index < -0.39 is 0 Å². The van der Waals surface area contributed by atoms with Gasteiger partial charge in [0.1, 0.15) is 55.8 Å². The Kier molecular flexibility index (Phi) is 17.9. The molecule has 0 unspecified atom stereocenters. The van der Waals surface area contributed by atoms with E-state index in [0.29, 0.717) is 0 Å². The molecule has 0 aliphatic heterocycles. The summed E-state index contributed by atoms with van der Waals surface area (Å²) in [6.07, 6.45) is 0. The van der Waals surface area contributed by atoms with Crippen molar-refractivity contribution in [3.05, 3.63) is 443 Å². The summed E-state index contributed by atoms with van der Waals surface area (Å²) in [5, 5.41) is 13.0. The largest absolute Gasteiger partial charge is 0.456 e. The molecular formula is C120H73N3O8S. The van der Waals surface area contributed by atoms with E-state index in [1.54, 1.807) is 0 Å². The summed E-state index contributed by atoms with van der Waals surface area (Å²) >= 11 is 1.84. The molecule has 132 heavy (non-hydrogen) atoms. The molecule has 0 amide bonds. The maximum atomic E-state index is 6.45. The Bertz CT molecular complexity index is 9310. The topological polar surface area (TPSA) is 115 Å². The lowest BCUT2D eigenvalue weighted by Crippen LogP contribution is -2.09. The smallest absolute Gasteiger partial charge is 0.181 e. The van der Waals surface area contributed by atoms with E-state index in [0.717, 1.165) is 228 Å². The van der Waals surface area contributed by atoms with Crippen molar-refractivity contribution in [2.24, 2.45) is 0 Å². The lowest BCUT2D eigenvalue weighted by Gasteiger charge is -2.26. The zero-order valence-electron chi connectivity index (χ0n) is 70.7. The Morgan fingerprint density at radius 1 is 0.129 bits per heavy atom. The second kappa shape index (κ2) is 31.2. The van der Waals surface area contributed by atoms with E-state index in [-0.39, 0.29) is 0 Å². The number of fused-ring (bicyclic) bond motifs is 24. The first-order valence-electron chi connectivity index (χ1n) is 44.1. The van der Waals surface area contributed by atoms with Gasteiger partial charge in [-0.1, -0.05) is 224 Å². The van der Waals surface area contributed by atoms with Crippen LogP contribution in [-0.4, -0.2) is 0 Å². The third-order valence-corrected chi connectivity index (χ3v) is 26.6. The van der Waals surface area contributed by atoms with Gasteiger partial charge >= 0.3 is 0 Å². The fraction of sp³-hybridized carbons (Fsp3) is 0. The van der Waals surface area contributed by atoms with Crippen molar-refractivity contribution in [3.8, 4) is 44.5 Å².